The minimum absolute atomic E-state index is 0.0350. The average molecular weight is 799 g/mol. The van der Waals surface area contributed by atoms with Gasteiger partial charge < -0.3 is 41.3 Å². The lowest BCUT2D eigenvalue weighted by Crippen LogP contribution is -2.45. The van der Waals surface area contributed by atoms with Gasteiger partial charge in [-0.25, -0.2) is 0 Å². The molecule has 3 atom stereocenters. The van der Waals surface area contributed by atoms with Gasteiger partial charge in [-0.2, -0.15) is 0 Å². The van der Waals surface area contributed by atoms with Crippen LogP contribution in [-0.2, 0) is 19.2 Å². The number of carbonyl (C=O) groups is 4. The number of alkyl halides is 2. The molecule has 0 bridgehead atoms. The lowest BCUT2D eigenvalue weighted by molar-refractivity contribution is -0.384. The van der Waals surface area contributed by atoms with Crippen molar-refractivity contribution < 1.29 is 54.7 Å². The molecule has 0 fully saturated rings. The Hall–Kier alpha value is -3.08. The van der Waals surface area contributed by atoms with Crippen molar-refractivity contribution in [3.63, 3.8) is 0 Å². The first-order valence-electron chi connectivity index (χ1n) is 18.1. The van der Waals surface area contributed by atoms with Crippen LogP contribution in [0.3, 0.4) is 0 Å². The monoisotopic (exact) mass is 797 g/mol. The molecule has 53 heavy (non-hydrogen) atoms. The van der Waals surface area contributed by atoms with Gasteiger partial charge in [-0.1, -0.05) is 121 Å². The molecule has 0 heterocycles. The summed E-state index contributed by atoms with van der Waals surface area (Å²) in [5.41, 5.74) is -0.768. The summed E-state index contributed by atoms with van der Waals surface area (Å²) in [6.07, 6.45) is 14.5. The van der Waals surface area contributed by atoms with Crippen molar-refractivity contribution in [2.75, 3.05) is 19.8 Å². The molecule has 0 aliphatic heterocycles. The number of nitro benzene ring substituents is 1. The summed E-state index contributed by atoms with van der Waals surface area (Å²) in [4.78, 5) is 51.6. The second-order valence-corrected chi connectivity index (χ2v) is 14.4. The Bertz CT molecular complexity index is 1170. The summed E-state index contributed by atoms with van der Waals surface area (Å²) in [5, 5.41) is 69.4. The Morgan fingerprint density at radius 1 is 0.774 bits per heavy atom. The number of benzene rings is 1. The molecule has 8 N–H and O–H groups in total. The van der Waals surface area contributed by atoms with E-state index in [-0.39, 0.29) is 25.3 Å². The number of aliphatic hydroxyl groups is 4. The second-order valence-electron chi connectivity index (χ2n) is 13.3. The molecule has 1 rings (SSSR count). The van der Waals surface area contributed by atoms with Crippen LogP contribution < -0.4 is 10.6 Å². The molecule has 0 saturated heterocycles. The molecule has 0 unspecified atom stereocenters. The number of nitrogens with one attached hydrogen (secondary N) is 2. The Morgan fingerprint density at radius 3 is 1.60 bits per heavy atom. The maximum absolute atomic E-state index is 11.3. The van der Waals surface area contributed by atoms with Crippen LogP contribution >= 0.6 is 23.2 Å². The number of halogens is 2. The van der Waals surface area contributed by atoms with Gasteiger partial charge in [-0.05, 0) is 24.1 Å². The first-order chi connectivity index (χ1) is 24.9. The lowest BCUT2D eigenvalue weighted by atomic mass is 9.87. The summed E-state index contributed by atoms with van der Waals surface area (Å²) < 4.78 is 0. The summed E-state index contributed by atoms with van der Waals surface area (Å²) >= 11 is 10.7. The third-order valence-electron chi connectivity index (χ3n) is 8.08. The van der Waals surface area contributed by atoms with Crippen LogP contribution in [0.15, 0.2) is 24.3 Å². The highest BCUT2D eigenvalue weighted by molar-refractivity contribution is 6.53. The molecule has 0 aliphatic carbocycles. The van der Waals surface area contributed by atoms with Gasteiger partial charge in [-0.15, -0.1) is 0 Å². The zero-order valence-corrected chi connectivity index (χ0v) is 32.7. The number of hydrogen-bond donors (Lipinski definition) is 8. The number of nitrogens with zero attached hydrogens (tertiary/aromatic N) is 1. The first-order valence-corrected chi connectivity index (χ1v) is 18.9. The van der Waals surface area contributed by atoms with E-state index < -0.39 is 63.8 Å². The van der Waals surface area contributed by atoms with E-state index in [1.54, 1.807) is 0 Å². The minimum atomic E-state index is -1.35. The third-order valence-corrected chi connectivity index (χ3v) is 8.47. The van der Waals surface area contributed by atoms with Gasteiger partial charge in [0.1, 0.15) is 12.2 Å². The van der Waals surface area contributed by atoms with Crippen molar-refractivity contribution in [2.24, 2.45) is 5.41 Å². The van der Waals surface area contributed by atoms with Crippen LogP contribution in [0.2, 0.25) is 0 Å². The number of unbranched alkanes of at least 4 members (excludes halogenated alkanes) is 12. The average Bonchev–Trinajstić information content (AvgIpc) is 3.11. The maximum Gasteiger partial charge on any atom is 0.305 e. The zero-order chi connectivity index (χ0) is 40.8. The van der Waals surface area contributed by atoms with Gasteiger partial charge >= 0.3 is 11.9 Å². The van der Waals surface area contributed by atoms with E-state index >= 15 is 0 Å². The van der Waals surface area contributed by atoms with Crippen LogP contribution in [0.4, 0.5) is 5.69 Å². The van der Waals surface area contributed by atoms with Crippen molar-refractivity contribution in [3.05, 3.63) is 39.9 Å². The quantitative estimate of drug-likeness (QED) is 0.0253. The van der Waals surface area contributed by atoms with Gasteiger partial charge in [0.05, 0.1) is 30.6 Å². The smallest absolute Gasteiger partial charge is 0.305 e. The molecule has 2 amide bonds. The van der Waals surface area contributed by atoms with Crippen molar-refractivity contribution >= 4 is 52.6 Å². The van der Waals surface area contributed by atoms with Gasteiger partial charge in [0, 0.05) is 30.5 Å². The van der Waals surface area contributed by atoms with Crippen molar-refractivity contribution in [2.45, 2.75) is 140 Å². The van der Waals surface area contributed by atoms with Gasteiger partial charge in [0.25, 0.3) is 11.6 Å². The van der Waals surface area contributed by atoms with Crippen LogP contribution in [0, 0.1) is 15.5 Å². The first kappa shape index (κ1) is 52.0. The fourth-order valence-corrected chi connectivity index (χ4v) is 4.75. The number of hydrogen-bond acceptors (Lipinski definition) is 10. The molecule has 0 saturated carbocycles. The highest BCUT2D eigenvalue weighted by Gasteiger charge is 2.32. The molecule has 0 spiro atoms. The van der Waals surface area contributed by atoms with Crippen molar-refractivity contribution in [1.82, 2.24) is 10.6 Å². The van der Waals surface area contributed by atoms with Crippen LogP contribution in [0.25, 0.3) is 0 Å². The molecule has 1 aromatic rings. The number of non-ortho nitro benzene ring substituents is 1. The molecular weight excluding hydrogens is 737 g/mol. The maximum atomic E-state index is 11.3. The third kappa shape index (κ3) is 27.2. The van der Waals surface area contributed by atoms with E-state index in [4.69, 9.17) is 43.6 Å². The molecule has 0 radical (unpaired) electrons. The standard InChI is InChI=1S/C16H32O2.C11H12Cl2N2O5.C9H17NO5/c1-2-3-4-5-6-7-8-9-10-11-12-13-14-15-16(17)18;12-10(13)11(18)14-8(5-16)9(17)6-1-3-7(4-2-6)15(19)20;1-9(2,5-11)7(14)8(15)10-4-3-6(12)13/h2-15H2,1H3,(H,17,18);1-4,8-10,16-17H,5H2,(H,14,18);7,11,14H,3-5H2,1-2H3,(H,10,15)(H,12,13)/t;8-,9-;7-/m.10/s1. The fourth-order valence-electron chi connectivity index (χ4n) is 4.62. The summed E-state index contributed by atoms with van der Waals surface area (Å²) in [5.74, 6) is -3.10. The molecule has 0 aliphatic rings. The van der Waals surface area contributed by atoms with Crippen LogP contribution in [0.5, 0.6) is 0 Å². The van der Waals surface area contributed by atoms with E-state index in [0.717, 1.165) is 12.8 Å². The minimum Gasteiger partial charge on any atom is -0.481 e. The van der Waals surface area contributed by atoms with Gasteiger partial charge in [-0.3, -0.25) is 29.3 Å². The predicted octanol–water partition coefficient (Wildman–Crippen LogP) is 5.42. The number of carbonyl (C=O) groups excluding carboxylic acids is 2. The van der Waals surface area contributed by atoms with Crippen molar-refractivity contribution in [1.29, 1.82) is 0 Å². The Kier molecular flexibility index (Phi) is 30.7. The number of carboxylic acid groups (broad SMARTS) is 2. The molecular formula is C36H61Cl2N3O12. The Balaban J connectivity index is 0. The number of carboxylic acids is 2. The highest BCUT2D eigenvalue weighted by Crippen LogP contribution is 2.21. The largest absolute Gasteiger partial charge is 0.481 e. The molecule has 0 aromatic heterocycles. The van der Waals surface area contributed by atoms with E-state index in [0.29, 0.717) is 12.0 Å². The number of aliphatic carboxylic acids is 2. The molecule has 306 valence electrons. The van der Waals surface area contributed by atoms with E-state index in [1.165, 1.54) is 109 Å². The second kappa shape index (κ2) is 31.3. The number of nitro groups is 1. The molecule has 15 nitrogen and oxygen atoms in total. The number of amides is 2. The van der Waals surface area contributed by atoms with E-state index in [2.05, 4.69) is 17.6 Å². The van der Waals surface area contributed by atoms with E-state index in [9.17, 15) is 39.5 Å². The number of aliphatic hydroxyl groups excluding tert-OH is 4. The van der Waals surface area contributed by atoms with Crippen molar-refractivity contribution in [3.8, 4) is 0 Å². The molecule has 1 aromatic carbocycles. The Morgan fingerprint density at radius 2 is 1.23 bits per heavy atom. The lowest BCUT2D eigenvalue weighted by Gasteiger charge is -2.26. The topological polar surface area (TPSA) is 257 Å². The normalized spacial score (nSPS) is 12.6. The van der Waals surface area contributed by atoms with Crippen LogP contribution in [0.1, 0.15) is 129 Å². The summed E-state index contributed by atoms with van der Waals surface area (Å²) in [6.45, 7) is 4.41. The molecule has 17 heteroatoms. The SMILES string of the molecule is CC(C)(CO)[C@@H](O)C(=O)NCCC(=O)O.CCCCCCCCCCCCCCCC(=O)O.O=C(N[C@H](CO)[C@H](O)c1ccc([N+](=O)[O-])cc1)C(Cl)Cl. The van der Waals surface area contributed by atoms with Crippen LogP contribution in [-0.4, -0.2) is 96.1 Å². The summed E-state index contributed by atoms with van der Waals surface area (Å²) in [6, 6.07) is 4.05. The number of rotatable bonds is 26. The van der Waals surface area contributed by atoms with Gasteiger partial charge in [0.15, 0.2) is 4.84 Å². The Labute approximate surface area is 322 Å². The predicted molar refractivity (Wildman–Crippen MR) is 203 cm³/mol. The zero-order valence-electron chi connectivity index (χ0n) is 31.2. The summed E-state index contributed by atoms with van der Waals surface area (Å²) in [7, 11) is 0. The van der Waals surface area contributed by atoms with Gasteiger partial charge in [0.2, 0.25) is 5.91 Å². The van der Waals surface area contributed by atoms with E-state index in [1.807, 2.05) is 0 Å². The highest BCUT2D eigenvalue weighted by atomic mass is 35.5. The fraction of sp³-hybridized carbons (Fsp3) is 0.722.